The van der Waals surface area contributed by atoms with Crippen LogP contribution in [0.1, 0.15) is 29.3 Å². The van der Waals surface area contributed by atoms with Crippen molar-refractivity contribution in [3.63, 3.8) is 0 Å². The molecule has 1 nitrogen and oxygen atoms in total. The second kappa shape index (κ2) is 4.13. The topological polar surface area (TPSA) is 17.1 Å². The average Bonchev–Trinajstić information content (AvgIpc) is 2.08. The molecule has 0 N–H and O–H groups in total. The fourth-order valence-electron chi connectivity index (χ4n) is 1.05. The zero-order valence-corrected chi connectivity index (χ0v) is 8.74. The summed E-state index contributed by atoms with van der Waals surface area (Å²) < 4.78 is 37.6. The van der Waals surface area contributed by atoms with E-state index in [9.17, 15) is 18.0 Å². The van der Waals surface area contributed by atoms with E-state index in [1.807, 2.05) is 0 Å². The van der Waals surface area contributed by atoms with Crippen LogP contribution in [0.15, 0.2) is 16.6 Å². The molecule has 1 aromatic rings. The van der Waals surface area contributed by atoms with E-state index in [4.69, 9.17) is 0 Å². The molecular weight excluding hydrogens is 261 g/mol. The van der Waals surface area contributed by atoms with Crippen molar-refractivity contribution in [3.05, 3.63) is 33.5 Å². The van der Waals surface area contributed by atoms with Crippen LogP contribution in [0.4, 0.5) is 13.2 Å². The van der Waals surface area contributed by atoms with E-state index >= 15 is 0 Å². The van der Waals surface area contributed by atoms with Gasteiger partial charge in [-0.2, -0.15) is 0 Å². The van der Waals surface area contributed by atoms with E-state index in [0.717, 1.165) is 13.0 Å². The Balaban J connectivity index is 3.39. The normalized spacial score (nSPS) is 10.7. The minimum absolute atomic E-state index is 0.00657. The molecule has 0 heterocycles. The maximum absolute atomic E-state index is 12.9. The highest BCUT2D eigenvalue weighted by molar-refractivity contribution is 9.10. The molecule has 0 aliphatic rings. The molecule has 0 radical (unpaired) electrons. The summed E-state index contributed by atoms with van der Waals surface area (Å²) in [5, 5.41) is 0. The molecule has 0 spiro atoms. The average molecular weight is 267 g/mol. The molecule has 0 aromatic heterocycles. The molecule has 14 heavy (non-hydrogen) atoms. The monoisotopic (exact) mass is 266 g/mol. The van der Waals surface area contributed by atoms with Gasteiger partial charge in [-0.05, 0) is 35.0 Å². The summed E-state index contributed by atoms with van der Waals surface area (Å²) in [4.78, 5) is 11.0. The molecule has 76 valence electrons. The first-order chi connectivity index (χ1) is 6.43. The second-order valence-corrected chi connectivity index (χ2v) is 3.56. The Kier molecular flexibility index (Phi) is 3.31. The third-order valence-corrected chi connectivity index (χ3v) is 2.31. The third kappa shape index (κ3) is 2.15. The van der Waals surface area contributed by atoms with Crippen molar-refractivity contribution in [1.29, 1.82) is 0 Å². The molecule has 0 amide bonds. The van der Waals surface area contributed by atoms with Crippen molar-refractivity contribution in [2.75, 3.05) is 0 Å². The van der Waals surface area contributed by atoms with E-state index in [2.05, 4.69) is 15.9 Å². The van der Waals surface area contributed by atoms with Crippen molar-refractivity contribution < 1.29 is 18.0 Å². The molecule has 0 aliphatic carbocycles. The Morgan fingerprint density at radius 2 is 2.00 bits per heavy atom. The van der Waals surface area contributed by atoms with E-state index < -0.39 is 23.6 Å². The number of carbonyl (C=O) groups excluding carboxylic acids is 1. The minimum atomic E-state index is -2.85. The highest BCUT2D eigenvalue weighted by atomic mass is 79.9. The number of rotatable bonds is 2. The molecule has 0 saturated carbocycles. The van der Waals surface area contributed by atoms with Gasteiger partial charge in [-0.15, -0.1) is 0 Å². The number of halogens is 4. The summed E-state index contributed by atoms with van der Waals surface area (Å²) in [5.74, 6) is -1.31. The highest BCUT2D eigenvalue weighted by Gasteiger charge is 2.18. The van der Waals surface area contributed by atoms with Crippen LogP contribution in [0, 0.1) is 5.82 Å². The summed E-state index contributed by atoms with van der Waals surface area (Å²) in [7, 11) is 0. The lowest BCUT2D eigenvalue weighted by atomic mass is 10.0. The summed E-state index contributed by atoms with van der Waals surface area (Å²) >= 11 is 2.83. The van der Waals surface area contributed by atoms with Crippen LogP contribution in [-0.4, -0.2) is 5.78 Å². The van der Waals surface area contributed by atoms with Crippen LogP contribution in [0.25, 0.3) is 0 Å². The van der Waals surface area contributed by atoms with E-state index in [1.165, 1.54) is 0 Å². The van der Waals surface area contributed by atoms with Gasteiger partial charge in [-0.3, -0.25) is 4.79 Å². The first kappa shape index (κ1) is 11.2. The van der Waals surface area contributed by atoms with E-state index in [-0.39, 0.29) is 10.0 Å². The Bertz CT molecular complexity index is 377. The van der Waals surface area contributed by atoms with Crippen LogP contribution in [0.2, 0.25) is 0 Å². The summed E-state index contributed by atoms with van der Waals surface area (Å²) in [6.07, 6.45) is -2.85. The van der Waals surface area contributed by atoms with Gasteiger partial charge in [-0.25, -0.2) is 13.2 Å². The summed E-state index contributed by atoms with van der Waals surface area (Å²) in [6.45, 7) is 1.16. The van der Waals surface area contributed by atoms with E-state index in [0.29, 0.717) is 6.07 Å². The number of Topliss-reactive ketones (excluding diaryl/α,β-unsaturated/α-hetero) is 1. The Hall–Kier alpha value is -0.840. The number of alkyl halides is 2. The van der Waals surface area contributed by atoms with Gasteiger partial charge >= 0.3 is 0 Å². The standard InChI is InChI=1S/C9H6BrF3O/c1-4(14)5-2-7(10)8(11)3-6(5)9(12)13/h2-3,9H,1H3. The van der Waals surface area contributed by atoms with Gasteiger partial charge < -0.3 is 0 Å². The maximum Gasteiger partial charge on any atom is 0.264 e. The van der Waals surface area contributed by atoms with Gasteiger partial charge in [0, 0.05) is 11.1 Å². The summed E-state index contributed by atoms with van der Waals surface area (Å²) in [6, 6.07) is 1.74. The van der Waals surface area contributed by atoms with Crippen molar-refractivity contribution in [2.24, 2.45) is 0 Å². The molecular formula is C9H6BrF3O. The Morgan fingerprint density at radius 3 is 2.43 bits per heavy atom. The predicted molar refractivity (Wildman–Crippen MR) is 49.1 cm³/mol. The van der Waals surface area contributed by atoms with Gasteiger partial charge in [0.2, 0.25) is 0 Å². The van der Waals surface area contributed by atoms with Crippen LogP contribution < -0.4 is 0 Å². The first-order valence-corrected chi connectivity index (χ1v) is 4.50. The lowest BCUT2D eigenvalue weighted by molar-refractivity contribution is 0.0998. The quantitative estimate of drug-likeness (QED) is 0.746. The van der Waals surface area contributed by atoms with Crippen molar-refractivity contribution in [2.45, 2.75) is 13.3 Å². The molecule has 1 rings (SSSR count). The number of benzene rings is 1. The van der Waals surface area contributed by atoms with E-state index in [1.54, 1.807) is 0 Å². The van der Waals surface area contributed by atoms with Gasteiger partial charge in [0.05, 0.1) is 4.47 Å². The minimum Gasteiger partial charge on any atom is -0.294 e. The predicted octanol–water partition coefficient (Wildman–Crippen LogP) is 3.73. The fourth-order valence-corrected chi connectivity index (χ4v) is 1.39. The highest BCUT2D eigenvalue weighted by Crippen LogP contribution is 2.28. The lowest BCUT2D eigenvalue weighted by Gasteiger charge is -2.07. The van der Waals surface area contributed by atoms with Crippen molar-refractivity contribution in [3.8, 4) is 0 Å². The molecule has 0 atom stereocenters. The van der Waals surface area contributed by atoms with Crippen LogP contribution in [0.3, 0.4) is 0 Å². The molecule has 0 fully saturated rings. The molecule has 1 aromatic carbocycles. The number of hydrogen-bond donors (Lipinski definition) is 0. The zero-order valence-electron chi connectivity index (χ0n) is 7.15. The Morgan fingerprint density at radius 1 is 1.43 bits per heavy atom. The van der Waals surface area contributed by atoms with Crippen LogP contribution in [0.5, 0.6) is 0 Å². The largest absolute Gasteiger partial charge is 0.294 e. The van der Waals surface area contributed by atoms with Gasteiger partial charge in [0.1, 0.15) is 5.82 Å². The molecule has 5 heteroatoms. The van der Waals surface area contributed by atoms with Crippen molar-refractivity contribution >= 4 is 21.7 Å². The number of carbonyl (C=O) groups is 1. The Labute approximate surface area is 87.1 Å². The van der Waals surface area contributed by atoms with Gasteiger partial charge in [-0.1, -0.05) is 0 Å². The molecule has 0 bridgehead atoms. The summed E-state index contributed by atoms with van der Waals surface area (Å²) in [5.41, 5.74) is -0.730. The SMILES string of the molecule is CC(=O)c1cc(Br)c(F)cc1C(F)F. The van der Waals surface area contributed by atoms with Crippen LogP contribution in [-0.2, 0) is 0 Å². The fraction of sp³-hybridized carbons (Fsp3) is 0.222. The number of ketones is 1. The molecule has 0 aliphatic heterocycles. The zero-order chi connectivity index (χ0) is 10.9. The lowest BCUT2D eigenvalue weighted by Crippen LogP contribution is -2.01. The van der Waals surface area contributed by atoms with Gasteiger partial charge in [0.25, 0.3) is 6.43 Å². The van der Waals surface area contributed by atoms with Gasteiger partial charge in [0.15, 0.2) is 5.78 Å². The second-order valence-electron chi connectivity index (χ2n) is 2.71. The van der Waals surface area contributed by atoms with Crippen molar-refractivity contribution in [1.82, 2.24) is 0 Å². The molecule has 0 saturated heterocycles. The van der Waals surface area contributed by atoms with Crippen LogP contribution >= 0.6 is 15.9 Å². The maximum atomic E-state index is 12.9. The first-order valence-electron chi connectivity index (χ1n) is 3.71. The molecule has 0 unspecified atom stereocenters. The third-order valence-electron chi connectivity index (χ3n) is 1.71. The number of hydrogen-bond acceptors (Lipinski definition) is 1. The smallest absolute Gasteiger partial charge is 0.264 e.